The van der Waals surface area contributed by atoms with Crippen LogP contribution in [0.3, 0.4) is 0 Å². The second-order valence-corrected chi connectivity index (χ2v) is 4.03. The highest BCUT2D eigenvalue weighted by Crippen LogP contribution is 2.36. The molecule has 0 bridgehead atoms. The largest absolute Gasteiger partial charge is 0.369 e. The first kappa shape index (κ1) is 8.71. The minimum absolute atomic E-state index is 0.294. The van der Waals surface area contributed by atoms with Crippen molar-refractivity contribution in [3.63, 3.8) is 0 Å². The Morgan fingerprint density at radius 2 is 2.20 bits per heavy atom. The van der Waals surface area contributed by atoms with Gasteiger partial charge in [0.25, 0.3) is 0 Å². The Morgan fingerprint density at radius 3 is 2.87 bits per heavy atom. The summed E-state index contributed by atoms with van der Waals surface area (Å²) in [6.07, 6.45) is 3.46. The zero-order valence-corrected chi connectivity index (χ0v) is 8.28. The number of aromatic nitrogens is 2. The van der Waals surface area contributed by atoms with Crippen molar-refractivity contribution in [2.45, 2.75) is 25.3 Å². The van der Waals surface area contributed by atoms with Crippen LogP contribution in [-0.2, 0) is 0 Å². The van der Waals surface area contributed by atoms with Gasteiger partial charge >= 0.3 is 0 Å². The SMILES string of the molecule is Nc1nc2c(F)cccc2n1C1CCC1. The monoisotopic (exact) mass is 205 g/mol. The summed E-state index contributed by atoms with van der Waals surface area (Å²) in [5.41, 5.74) is 7.03. The molecule has 0 aliphatic heterocycles. The number of rotatable bonds is 1. The van der Waals surface area contributed by atoms with Crippen molar-refractivity contribution in [3.8, 4) is 0 Å². The van der Waals surface area contributed by atoms with Crippen LogP contribution < -0.4 is 5.73 Å². The summed E-state index contributed by atoms with van der Waals surface area (Å²) in [4.78, 5) is 4.08. The van der Waals surface area contributed by atoms with E-state index in [1.807, 2.05) is 10.6 Å². The number of para-hydroxylation sites is 1. The van der Waals surface area contributed by atoms with E-state index in [1.165, 1.54) is 12.5 Å². The third kappa shape index (κ3) is 1.14. The number of anilines is 1. The zero-order chi connectivity index (χ0) is 10.4. The van der Waals surface area contributed by atoms with Crippen molar-refractivity contribution >= 4 is 17.0 Å². The Kier molecular flexibility index (Phi) is 1.71. The van der Waals surface area contributed by atoms with Gasteiger partial charge in [-0.2, -0.15) is 0 Å². The third-order valence-corrected chi connectivity index (χ3v) is 3.14. The predicted octanol–water partition coefficient (Wildman–Crippen LogP) is 2.48. The summed E-state index contributed by atoms with van der Waals surface area (Å²) >= 11 is 0. The van der Waals surface area contributed by atoms with E-state index >= 15 is 0 Å². The van der Waals surface area contributed by atoms with Crippen molar-refractivity contribution in [3.05, 3.63) is 24.0 Å². The van der Waals surface area contributed by atoms with Crippen LogP contribution in [0.4, 0.5) is 10.3 Å². The third-order valence-electron chi connectivity index (χ3n) is 3.14. The number of halogens is 1. The van der Waals surface area contributed by atoms with Gasteiger partial charge in [0.15, 0.2) is 5.82 Å². The molecule has 1 heterocycles. The van der Waals surface area contributed by atoms with E-state index in [-0.39, 0.29) is 5.82 Å². The average molecular weight is 205 g/mol. The number of hydrogen-bond donors (Lipinski definition) is 1. The van der Waals surface area contributed by atoms with Crippen LogP contribution in [0.25, 0.3) is 11.0 Å². The van der Waals surface area contributed by atoms with E-state index in [0.717, 1.165) is 18.4 Å². The molecular weight excluding hydrogens is 193 g/mol. The van der Waals surface area contributed by atoms with E-state index in [9.17, 15) is 4.39 Å². The summed E-state index contributed by atoms with van der Waals surface area (Å²) < 4.78 is 15.4. The number of nitrogens with two attached hydrogens (primary N) is 1. The first-order valence-electron chi connectivity index (χ1n) is 5.19. The molecule has 0 atom stereocenters. The quantitative estimate of drug-likeness (QED) is 0.777. The Hall–Kier alpha value is -1.58. The Bertz CT molecular complexity index is 514. The average Bonchev–Trinajstić information content (AvgIpc) is 2.44. The van der Waals surface area contributed by atoms with Gasteiger partial charge in [0, 0.05) is 6.04 Å². The number of nitrogen functional groups attached to an aromatic ring is 1. The number of fused-ring (bicyclic) bond motifs is 1. The Balaban J connectivity index is 2.27. The molecule has 0 unspecified atom stereocenters. The maximum atomic E-state index is 13.4. The van der Waals surface area contributed by atoms with Gasteiger partial charge in [-0.1, -0.05) is 6.07 Å². The highest BCUT2D eigenvalue weighted by molar-refractivity contribution is 5.79. The lowest BCUT2D eigenvalue weighted by Crippen LogP contribution is -2.18. The molecule has 15 heavy (non-hydrogen) atoms. The molecular formula is C11H12FN3. The summed E-state index contributed by atoms with van der Waals surface area (Å²) in [5.74, 6) is 0.136. The fourth-order valence-electron chi connectivity index (χ4n) is 2.13. The van der Waals surface area contributed by atoms with Gasteiger partial charge in [-0.3, -0.25) is 0 Å². The fraction of sp³-hybridized carbons (Fsp3) is 0.364. The van der Waals surface area contributed by atoms with Crippen molar-refractivity contribution in [2.24, 2.45) is 0 Å². The second kappa shape index (κ2) is 2.95. The van der Waals surface area contributed by atoms with Crippen LogP contribution in [0.1, 0.15) is 25.3 Å². The van der Waals surface area contributed by atoms with E-state index in [0.29, 0.717) is 17.5 Å². The molecule has 1 saturated carbocycles. The Morgan fingerprint density at radius 1 is 1.40 bits per heavy atom. The molecule has 4 heteroatoms. The molecule has 1 aromatic heterocycles. The van der Waals surface area contributed by atoms with Gasteiger partial charge in [0.05, 0.1) is 5.52 Å². The summed E-state index contributed by atoms with van der Waals surface area (Å²) in [5, 5.41) is 0. The van der Waals surface area contributed by atoms with E-state index in [2.05, 4.69) is 4.98 Å². The van der Waals surface area contributed by atoms with Gasteiger partial charge in [-0.15, -0.1) is 0 Å². The molecule has 2 aromatic rings. The molecule has 1 fully saturated rings. The molecule has 1 aromatic carbocycles. The minimum Gasteiger partial charge on any atom is -0.369 e. The number of hydrogen-bond acceptors (Lipinski definition) is 2. The van der Waals surface area contributed by atoms with E-state index in [1.54, 1.807) is 6.07 Å². The normalized spacial score (nSPS) is 16.9. The van der Waals surface area contributed by atoms with Crippen LogP contribution in [-0.4, -0.2) is 9.55 Å². The first-order valence-corrected chi connectivity index (χ1v) is 5.19. The molecule has 3 rings (SSSR count). The summed E-state index contributed by atoms with van der Waals surface area (Å²) in [6.45, 7) is 0. The number of benzene rings is 1. The van der Waals surface area contributed by atoms with E-state index in [4.69, 9.17) is 5.73 Å². The standard InChI is InChI=1S/C11H12FN3/c12-8-5-2-6-9-10(8)14-11(13)15(9)7-3-1-4-7/h2,5-7H,1,3-4H2,(H2,13,14). The molecule has 78 valence electrons. The lowest BCUT2D eigenvalue weighted by molar-refractivity contribution is 0.324. The van der Waals surface area contributed by atoms with Crippen molar-refractivity contribution in [1.29, 1.82) is 0 Å². The molecule has 0 spiro atoms. The highest BCUT2D eigenvalue weighted by Gasteiger charge is 2.24. The molecule has 3 nitrogen and oxygen atoms in total. The topological polar surface area (TPSA) is 43.8 Å². The van der Waals surface area contributed by atoms with Crippen LogP contribution >= 0.6 is 0 Å². The van der Waals surface area contributed by atoms with Crippen molar-refractivity contribution in [2.75, 3.05) is 5.73 Å². The van der Waals surface area contributed by atoms with Crippen molar-refractivity contribution < 1.29 is 4.39 Å². The number of imidazole rings is 1. The van der Waals surface area contributed by atoms with Gasteiger partial charge in [0.1, 0.15) is 5.52 Å². The van der Waals surface area contributed by atoms with Crippen molar-refractivity contribution in [1.82, 2.24) is 9.55 Å². The zero-order valence-electron chi connectivity index (χ0n) is 8.28. The maximum absolute atomic E-state index is 13.4. The molecule has 1 aliphatic rings. The van der Waals surface area contributed by atoms with Gasteiger partial charge < -0.3 is 10.3 Å². The minimum atomic E-state index is -0.294. The van der Waals surface area contributed by atoms with Gasteiger partial charge in [0.2, 0.25) is 5.95 Å². The molecule has 0 saturated heterocycles. The second-order valence-electron chi connectivity index (χ2n) is 4.03. The molecule has 2 N–H and O–H groups in total. The Labute approximate surface area is 86.7 Å². The molecule has 0 amide bonds. The van der Waals surface area contributed by atoms with Crippen LogP contribution in [0, 0.1) is 5.82 Å². The van der Waals surface area contributed by atoms with Gasteiger partial charge in [-0.05, 0) is 31.4 Å². The van der Waals surface area contributed by atoms with Crippen LogP contribution in [0.5, 0.6) is 0 Å². The lowest BCUT2D eigenvalue weighted by Gasteiger charge is -2.28. The van der Waals surface area contributed by atoms with Crippen LogP contribution in [0.15, 0.2) is 18.2 Å². The maximum Gasteiger partial charge on any atom is 0.201 e. The predicted molar refractivity (Wildman–Crippen MR) is 57.0 cm³/mol. The molecule has 0 radical (unpaired) electrons. The van der Waals surface area contributed by atoms with Gasteiger partial charge in [-0.25, -0.2) is 9.37 Å². The number of nitrogens with zero attached hydrogens (tertiary/aromatic N) is 2. The highest BCUT2D eigenvalue weighted by atomic mass is 19.1. The summed E-state index contributed by atoms with van der Waals surface area (Å²) in [6, 6.07) is 5.41. The van der Waals surface area contributed by atoms with Crippen LogP contribution in [0.2, 0.25) is 0 Å². The van der Waals surface area contributed by atoms with E-state index < -0.39 is 0 Å². The molecule has 1 aliphatic carbocycles. The summed E-state index contributed by atoms with van der Waals surface area (Å²) in [7, 11) is 0. The fourth-order valence-corrected chi connectivity index (χ4v) is 2.13. The first-order chi connectivity index (χ1) is 7.27. The lowest BCUT2D eigenvalue weighted by atomic mass is 9.93. The smallest absolute Gasteiger partial charge is 0.201 e.